The van der Waals surface area contributed by atoms with Crippen LogP contribution in [0.2, 0.25) is 0 Å². The predicted molar refractivity (Wildman–Crippen MR) is 83.0 cm³/mol. The van der Waals surface area contributed by atoms with E-state index in [0.717, 1.165) is 30.0 Å². The minimum atomic E-state index is 0.843. The van der Waals surface area contributed by atoms with Crippen molar-refractivity contribution in [2.75, 3.05) is 12.4 Å². The van der Waals surface area contributed by atoms with Crippen molar-refractivity contribution in [1.82, 2.24) is 9.97 Å². The maximum absolute atomic E-state index is 4.83. The highest BCUT2D eigenvalue weighted by Crippen LogP contribution is 2.27. The maximum atomic E-state index is 4.83. The van der Waals surface area contributed by atoms with Gasteiger partial charge >= 0.3 is 0 Å². The van der Waals surface area contributed by atoms with Gasteiger partial charge in [-0.25, -0.2) is 9.97 Å². The molecule has 1 N–H and O–H groups in total. The molecule has 1 aliphatic rings. The average Bonchev–Trinajstić information content (AvgIpc) is 2.72. The van der Waals surface area contributed by atoms with E-state index in [2.05, 4.69) is 36.5 Å². The Morgan fingerprint density at radius 2 is 1.70 bits per heavy atom. The van der Waals surface area contributed by atoms with Gasteiger partial charge < -0.3 is 5.32 Å². The van der Waals surface area contributed by atoms with E-state index < -0.39 is 0 Å². The van der Waals surface area contributed by atoms with Gasteiger partial charge in [-0.1, -0.05) is 36.2 Å². The van der Waals surface area contributed by atoms with Crippen LogP contribution in [0.1, 0.15) is 36.1 Å². The molecule has 0 fully saturated rings. The minimum Gasteiger partial charge on any atom is -0.373 e. The van der Waals surface area contributed by atoms with Gasteiger partial charge in [0.05, 0.1) is 0 Å². The van der Waals surface area contributed by atoms with Gasteiger partial charge in [0.1, 0.15) is 5.82 Å². The van der Waals surface area contributed by atoms with E-state index in [4.69, 9.17) is 9.97 Å². The number of aromatic nitrogens is 2. The summed E-state index contributed by atoms with van der Waals surface area (Å²) in [7, 11) is 1.95. The molecule has 104 valence electrons. The third kappa shape index (κ3) is 2.53. The van der Waals surface area contributed by atoms with Gasteiger partial charge in [-0.15, -0.1) is 0 Å². The molecule has 0 spiro atoms. The quantitative estimate of drug-likeness (QED) is 0.842. The van der Waals surface area contributed by atoms with Crippen LogP contribution in [0, 0.1) is 6.92 Å². The summed E-state index contributed by atoms with van der Waals surface area (Å²) in [6, 6.07) is 8.44. The molecule has 0 saturated carbocycles. The Hall–Kier alpha value is -1.90. The molecule has 3 rings (SSSR count). The fourth-order valence-electron chi connectivity index (χ4n) is 2.81. The summed E-state index contributed by atoms with van der Waals surface area (Å²) in [4.78, 5) is 9.55. The molecule has 0 saturated heterocycles. The van der Waals surface area contributed by atoms with Gasteiger partial charge in [-0.2, -0.15) is 0 Å². The summed E-state index contributed by atoms with van der Waals surface area (Å²) >= 11 is 0. The normalized spacial score (nSPS) is 14.5. The lowest BCUT2D eigenvalue weighted by Crippen LogP contribution is -2.06. The number of anilines is 1. The van der Waals surface area contributed by atoms with Crippen molar-refractivity contribution < 1.29 is 0 Å². The van der Waals surface area contributed by atoms with Crippen LogP contribution in [0.5, 0.6) is 0 Å². The minimum absolute atomic E-state index is 0.843. The maximum Gasteiger partial charge on any atom is 0.161 e. The van der Waals surface area contributed by atoms with Crippen molar-refractivity contribution in [3.05, 3.63) is 41.1 Å². The summed E-state index contributed by atoms with van der Waals surface area (Å²) in [6.07, 6.45) is 5.94. The van der Waals surface area contributed by atoms with Crippen molar-refractivity contribution in [1.29, 1.82) is 0 Å². The Bertz CT molecular complexity index is 602. The van der Waals surface area contributed by atoms with Gasteiger partial charge in [-0.3, -0.25) is 0 Å². The smallest absolute Gasteiger partial charge is 0.161 e. The highest BCUT2D eigenvalue weighted by Gasteiger charge is 2.16. The van der Waals surface area contributed by atoms with Gasteiger partial charge in [0.15, 0.2) is 5.82 Å². The number of benzene rings is 1. The fourth-order valence-corrected chi connectivity index (χ4v) is 2.81. The first-order chi connectivity index (χ1) is 9.78. The summed E-state index contributed by atoms with van der Waals surface area (Å²) < 4.78 is 0. The van der Waals surface area contributed by atoms with E-state index in [1.54, 1.807) is 0 Å². The Balaban J connectivity index is 2.08. The Morgan fingerprint density at radius 3 is 2.45 bits per heavy atom. The van der Waals surface area contributed by atoms with E-state index in [9.17, 15) is 0 Å². The fraction of sp³-hybridized carbons (Fsp3) is 0.412. The Kier molecular flexibility index (Phi) is 3.68. The lowest BCUT2D eigenvalue weighted by atomic mass is 10.1. The van der Waals surface area contributed by atoms with E-state index in [1.165, 1.54) is 36.1 Å². The molecule has 1 heterocycles. The summed E-state index contributed by atoms with van der Waals surface area (Å²) in [5.74, 6) is 1.85. The molecule has 3 nitrogen and oxygen atoms in total. The third-order valence-electron chi connectivity index (χ3n) is 3.98. The molecule has 0 aliphatic heterocycles. The molecule has 0 radical (unpaired) electrons. The molecular weight excluding hydrogens is 246 g/mol. The second-order valence-electron chi connectivity index (χ2n) is 5.50. The van der Waals surface area contributed by atoms with Crippen LogP contribution >= 0.6 is 0 Å². The number of fused-ring (bicyclic) bond motifs is 1. The van der Waals surface area contributed by atoms with Crippen LogP contribution in [0.3, 0.4) is 0 Å². The molecule has 1 aliphatic carbocycles. The zero-order valence-corrected chi connectivity index (χ0v) is 12.2. The van der Waals surface area contributed by atoms with Gasteiger partial charge in [0.2, 0.25) is 0 Å². The first-order valence-electron chi connectivity index (χ1n) is 7.42. The van der Waals surface area contributed by atoms with Crippen LogP contribution in [0.25, 0.3) is 11.4 Å². The molecule has 2 aromatic rings. The number of hydrogen-bond donors (Lipinski definition) is 1. The molecule has 3 heteroatoms. The van der Waals surface area contributed by atoms with Crippen LogP contribution in [-0.4, -0.2) is 17.0 Å². The lowest BCUT2D eigenvalue weighted by Gasteiger charge is -2.13. The Morgan fingerprint density at radius 1 is 0.950 bits per heavy atom. The van der Waals surface area contributed by atoms with Crippen molar-refractivity contribution in [3.63, 3.8) is 0 Å². The van der Waals surface area contributed by atoms with E-state index in [0.29, 0.717) is 0 Å². The number of rotatable bonds is 2. The first-order valence-corrected chi connectivity index (χ1v) is 7.42. The topological polar surface area (TPSA) is 37.8 Å². The molecule has 0 bridgehead atoms. The molecule has 1 aromatic carbocycles. The predicted octanol–water partition coefficient (Wildman–Crippen LogP) is 3.76. The summed E-state index contributed by atoms with van der Waals surface area (Å²) in [6.45, 7) is 2.10. The molecular formula is C17H21N3. The zero-order valence-electron chi connectivity index (χ0n) is 12.2. The summed E-state index contributed by atoms with van der Waals surface area (Å²) in [5.41, 5.74) is 4.91. The van der Waals surface area contributed by atoms with E-state index in [-0.39, 0.29) is 0 Å². The second kappa shape index (κ2) is 5.61. The van der Waals surface area contributed by atoms with Crippen LogP contribution in [0.4, 0.5) is 5.82 Å². The van der Waals surface area contributed by atoms with Crippen LogP contribution < -0.4 is 5.32 Å². The van der Waals surface area contributed by atoms with Gasteiger partial charge in [0, 0.05) is 23.9 Å². The molecule has 0 unspecified atom stereocenters. The monoisotopic (exact) mass is 267 g/mol. The highest BCUT2D eigenvalue weighted by atomic mass is 15.0. The number of aryl methyl sites for hydroxylation is 2. The van der Waals surface area contributed by atoms with Crippen molar-refractivity contribution in [2.45, 2.75) is 39.0 Å². The van der Waals surface area contributed by atoms with E-state index >= 15 is 0 Å². The number of hydrogen-bond acceptors (Lipinski definition) is 3. The Labute approximate surface area is 120 Å². The average molecular weight is 267 g/mol. The van der Waals surface area contributed by atoms with Crippen LogP contribution in [0.15, 0.2) is 24.3 Å². The lowest BCUT2D eigenvalue weighted by molar-refractivity contribution is 0.709. The molecule has 1 aromatic heterocycles. The number of nitrogens with one attached hydrogen (secondary N) is 1. The van der Waals surface area contributed by atoms with Crippen molar-refractivity contribution >= 4 is 5.82 Å². The van der Waals surface area contributed by atoms with Gasteiger partial charge in [-0.05, 0) is 32.6 Å². The standard InChI is InChI=1S/C17H21N3/c1-12-8-10-13(11-9-12)16-19-15-7-5-3-4-6-14(15)17(18-2)20-16/h8-11H,3-7H2,1-2H3,(H,18,19,20). The molecule has 20 heavy (non-hydrogen) atoms. The largest absolute Gasteiger partial charge is 0.373 e. The third-order valence-corrected chi connectivity index (χ3v) is 3.98. The zero-order chi connectivity index (χ0) is 13.9. The SMILES string of the molecule is CNc1nc(-c2ccc(C)cc2)nc2c1CCCCC2. The van der Waals surface area contributed by atoms with Crippen molar-refractivity contribution in [3.8, 4) is 11.4 Å². The molecule has 0 amide bonds. The first kappa shape index (κ1) is 13.1. The van der Waals surface area contributed by atoms with Crippen molar-refractivity contribution in [2.24, 2.45) is 0 Å². The highest BCUT2D eigenvalue weighted by molar-refractivity contribution is 5.60. The second-order valence-corrected chi connectivity index (χ2v) is 5.50. The number of nitrogens with zero attached hydrogens (tertiary/aromatic N) is 2. The van der Waals surface area contributed by atoms with Crippen LogP contribution in [-0.2, 0) is 12.8 Å². The van der Waals surface area contributed by atoms with E-state index in [1.807, 2.05) is 7.05 Å². The summed E-state index contributed by atoms with van der Waals surface area (Å²) in [5, 5.41) is 3.25. The molecule has 0 atom stereocenters. The van der Waals surface area contributed by atoms with Gasteiger partial charge in [0.25, 0.3) is 0 Å².